The number of hydrogen-bond acceptors (Lipinski definition) is 1. The van der Waals surface area contributed by atoms with Crippen LogP contribution in [0, 0.1) is 0 Å². The van der Waals surface area contributed by atoms with Crippen molar-refractivity contribution in [3.63, 3.8) is 0 Å². The van der Waals surface area contributed by atoms with Gasteiger partial charge in [-0.3, -0.25) is 0 Å². The SMILES string of the molecule is COCc1ccc2c([Si](C)(C)C)c3ccccc3cc2c1. The van der Waals surface area contributed by atoms with Crippen LogP contribution in [0.5, 0.6) is 0 Å². The Morgan fingerprint density at radius 1 is 0.857 bits per heavy atom. The number of benzene rings is 3. The highest BCUT2D eigenvalue weighted by Gasteiger charge is 2.22. The zero-order chi connectivity index (χ0) is 15.0. The van der Waals surface area contributed by atoms with Gasteiger partial charge in [0.25, 0.3) is 0 Å². The molecule has 0 atom stereocenters. The Balaban J connectivity index is 2.41. The van der Waals surface area contributed by atoms with Crippen LogP contribution in [-0.2, 0) is 11.3 Å². The van der Waals surface area contributed by atoms with Gasteiger partial charge in [0, 0.05) is 7.11 Å². The predicted octanol–water partition coefficient (Wildman–Crippen LogP) is 4.68. The Bertz CT molecular complexity index is 800. The van der Waals surface area contributed by atoms with Gasteiger partial charge >= 0.3 is 0 Å². The predicted molar refractivity (Wildman–Crippen MR) is 95.1 cm³/mol. The normalized spacial score (nSPS) is 12.2. The highest BCUT2D eigenvalue weighted by Crippen LogP contribution is 2.25. The lowest BCUT2D eigenvalue weighted by Crippen LogP contribution is -2.38. The van der Waals surface area contributed by atoms with Crippen molar-refractivity contribution in [3.05, 3.63) is 54.1 Å². The topological polar surface area (TPSA) is 9.23 Å². The monoisotopic (exact) mass is 294 g/mol. The zero-order valence-electron chi connectivity index (χ0n) is 13.2. The molecule has 0 heterocycles. The summed E-state index contributed by atoms with van der Waals surface area (Å²) in [6.45, 7) is 7.96. The molecule has 0 unspecified atom stereocenters. The summed E-state index contributed by atoms with van der Waals surface area (Å²) in [6, 6.07) is 17.8. The summed E-state index contributed by atoms with van der Waals surface area (Å²) in [5.41, 5.74) is 1.24. The van der Waals surface area contributed by atoms with Crippen molar-refractivity contribution in [2.45, 2.75) is 26.2 Å². The van der Waals surface area contributed by atoms with E-state index in [1.807, 2.05) is 0 Å². The number of methoxy groups -OCH3 is 1. The molecule has 0 aliphatic carbocycles. The minimum absolute atomic E-state index is 0.672. The van der Waals surface area contributed by atoms with Gasteiger partial charge in [-0.05, 0) is 44.4 Å². The van der Waals surface area contributed by atoms with Gasteiger partial charge in [-0.25, -0.2) is 0 Å². The highest BCUT2D eigenvalue weighted by atomic mass is 28.3. The summed E-state index contributed by atoms with van der Waals surface area (Å²) in [4.78, 5) is 0. The van der Waals surface area contributed by atoms with Gasteiger partial charge < -0.3 is 4.74 Å². The van der Waals surface area contributed by atoms with Crippen LogP contribution in [0.4, 0.5) is 0 Å². The van der Waals surface area contributed by atoms with Crippen LogP contribution in [0.2, 0.25) is 19.6 Å². The largest absolute Gasteiger partial charge is 0.380 e. The number of hydrogen-bond donors (Lipinski definition) is 0. The second kappa shape index (κ2) is 5.28. The van der Waals surface area contributed by atoms with Crippen LogP contribution in [0.25, 0.3) is 21.5 Å². The summed E-state index contributed by atoms with van der Waals surface area (Å²) < 4.78 is 5.27. The third-order valence-electron chi connectivity index (χ3n) is 3.99. The maximum atomic E-state index is 5.27. The minimum atomic E-state index is -1.43. The number of rotatable bonds is 3. The van der Waals surface area contributed by atoms with Gasteiger partial charge in [-0.15, -0.1) is 0 Å². The standard InChI is InChI=1S/C19H22OSi/c1-20-13-14-9-10-18-16(11-14)12-15-7-5-6-8-17(15)19(18)21(2,3)4/h5-12H,13H2,1-4H3. The average Bonchev–Trinajstić information content (AvgIpc) is 2.43. The molecule has 0 bridgehead atoms. The van der Waals surface area contributed by atoms with Crippen LogP contribution >= 0.6 is 0 Å². The van der Waals surface area contributed by atoms with Gasteiger partial charge in [0.05, 0.1) is 14.7 Å². The van der Waals surface area contributed by atoms with Crippen LogP contribution in [0.3, 0.4) is 0 Å². The molecular weight excluding hydrogens is 272 g/mol. The highest BCUT2D eigenvalue weighted by molar-refractivity contribution is 6.92. The van der Waals surface area contributed by atoms with Gasteiger partial charge in [0.15, 0.2) is 0 Å². The third-order valence-corrected chi connectivity index (χ3v) is 6.03. The molecule has 3 aromatic rings. The summed E-state index contributed by atoms with van der Waals surface area (Å²) in [6.07, 6.45) is 0. The maximum Gasteiger partial charge on any atom is 0.0792 e. The van der Waals surface area contributed by atoms with Gasteiger partial charge in [-0.1, -0.05) is 56.0 Å². The van der Waals surface area contributed by atoms with E-state index in [9.17, 15) is 0 Å². The Hall–Kier alpha value is -1.64. The van der Waals surface area contributed by atoms with E-state index >= 15 is 0 Å². The van der Waals surface area contributed by atoms with Gasteiger partial charge in [-0.2, -0.15) is 0 Å². The lowest BCUT2D eigenvalue weighted by Gasteiger charge is -2.22. The number of ether oxygens (including phenoxy) is 1. The van der Waals surface area contributed by atoms with E-state index in [4.69, 9.17) is 4.74 Å². The molecule has 0 aliphatic heterocycles. The van der Waals surface area contributed by atoms with E-state index in [1.54, 1.807) is 12.3 Å². The van der Waals surface area contributed by atoms with Gasteiger partial charge in [0.1, 0.15) is 0 Å². The summed E-state index contributed by atoms with van der Waals surface area (Å²) in [5, 5.41) is 7.08. The molecule has 108 valence electrons. The van der Waals surface area contributed by atoms with Crippen molar-refractivity contribution in [1.82, 2.24) is 0 Å². The molecule has 0 aliphatic rings. The van der Waals surface area contributed by atoms with E-state index in [0.29, 0.717) is 6.61 Å². The third kappa shape index (κ3) is 2.61. The molecular formula is C19H22OSi. The summed E-state index contributed by atoms with van der Waals surface area (Å²) in [7, 11) is 0.319. The van der Waals surface area contributed by atoms with E-state index in [2.05, 4.69) is 68.2 Å². The average molecular weight is 294 g/mol. The summed E-state index contributed by atoms with van der Waals surface area (Å²) >= 11 is 0. The van der Waals surface area contributed by atoms with Crippen LogP contribution in [0.1, 0.15) is 5.56 Å². The molecule has 1 nitrogen and oxygen atoms in total. The van der Waals surface area contributed by atoms with Crippen LogP contribution < -0.4 is 5.19 Å². The molecule has 0 N–H and O–H groups in total. The maximum absolute atomic E-state index is 5.27. The Kier molecular flexibility index (Phi) is 3.60. The van der Waals surface area contributed by atoms with Crippen molar-refractivity contribution in [3.8, 4) is 0 Å². The second-order valence-corrected chi connectivity index (χ2v) is 11.7. The molecule has 0 aromatic heterocycles. The van der Waals surface area contributed by atoms with Crippen molar-refractivity contribution < 1.29 is 4.74 Å². The number of fused-ring (bicyclic) bond motifs is 2. The minimum Gasteiger partial charge on any atom is -0.380 e. The first-order valence-corrected chi connectivity index (χ1v) is 10.9. The first-order chi connectivity index (χ1) is 10.0. The van der Waals surface area contributed by atoms with E-state index < -0.39 is 8.07 Å². The quantitative estimate of drug-likeness (QED) is 0.503. The van der Waals surface area contributed by atoms with E-state index in [-0.39, 0.29) is 0 Å². The zero-order valence-corrected chi connectivity index (χ0v) is 14.2. The molecule has 21 heavy (non-hydrogen) atoms. The second-order valence-electron chi connectivity index (χ2n) is 6.71. The molecule has 0 spiro atoms. The van der Waals surface area contributed by atoms with Crippen molar-refractivity contribution in [2.24, 2.45) is 0 Å². The van der Waals surface area contributed by atoms with Crippen LogP contribution in [-0.4, -0.2) is 15.2 Å². The van der Waals surface area contributed by atoms with E-state index in [1.165, 1.54) is 27.1 Å². The van der Waals surface area contributed by atoms with E-state index in [0.717, 1.165) is 0 Å². The lowest BCUT2D eigenvalue weighted by molar-refractivity contribution is 0.185. The van der Waals surface area contributed by atoms with Crippen LogP contribution in [0.15, 0.2) is 48.5 Å². The van der Waals surface area contributed by atoms with Crippen molar-refractivity contribution >= 4 is 34.8 Å². The fraction of sp³-hybridized carbons (Fsp3) is 0.263. The first kappa shape index (κ1) is 14.3. The fourth-order valence-corrected chi connectivity index (χ4v) is 5.26. The Morgan fingerprint density at radius 2 is 1.57 bits per heavy atom. The molecule has 0 fully saturated rings. The molecule has 2 heteroatoms. The molecule has 3 rings (SSSR count). The smallest absolute Gasteiger partial charge is 0.0792 e. The lowest BCUT2D eigenvalue weighted by atomic mass is 10.0. The van der Waals surface area contributed by atoms with Crippen molar-refractivity contribution in [2.75, 3.05) is 7.11 Å². The molecule has 3 aromatic carbocycles. The molecule has 0 radical (unpaired) electrons. The molecule has 0 amide bonds. The Labute approximate surface area is 127 Å². The fourth-order valence-electron chi connectivity index (χ4n) is 3.19. The molecule has 0 saturated carbocycles. The summed E-state index contributed by atoms with van der Waals surface area (Å²) in [5.74, 6) is 0. The Morgan fingerprint density at radius 3 is 2.29 bits per heavy atom. The first-order valence-electron chi connectivity index (χ1n) is 7.44. The van der Waals surface area contributed by atoms with Gasteiger partial charge in [0.2, 0.25) is 0 Å². The van der Waals surface area contributed by atoms with Crippen molar-refractivity contribution in [1.29, 1.82) is 0 Å². The molecule has 0 saturated heterocycles.